The summed E-state index contributed by atoms with van der Waals surface area (Å²) < 4.78 is 0. The van der Waals surface area contributed by atoms with Crippen LogP contribution in [-0.2, 0) is 6.54 Å². The van der Waals surface area contributed by atoms with Gasteiger partial charge in [0.05, 0.1) is 10.4 Å². The van der Waals surface area contributed by atoms with E-state index in [0.29, 0.717) is 5.92 Å². The number of likely N-dealkylation sites (tertiary alicyclic amines) is 1. The van der Waals surface area contributed by atoms with Crippen LogP contribution in [0.1, 0.15) is 33.1 Å². The summed E-state index contributed by atoms with van der Waals surface area (Å²) in [6.45, 7) is 2.87. The van der Waals surface area contributed by atoms with Gasteiger partial charge in [0, 0.05) is 56.3 Å². The maximum absolute atomic E-state index is 12.9. The monoisotopic (exact) mass is 416 g/mol. The van der Waals surface area contributed by atoms with Crippen LogP contribution in [0.15, 0.2) is 54.9 Å². The van der Waals surface area contributed by atoms with E-state index in [4.69, 9.17) is 0 Å². The summed E-state index contributed by atoms with van der Waals surface area (Å²) in [5.74, 6) is 0.418. The van der Waals surface area contributed by atoms with Crippen molar-refractivity contribution in [2.24, 2.45) is 0 Å². The summed E-state index contributed by atoms with van der Waals surface area (Å²) in [5.41, 5.74) is 3.53. The van der Waals surface area contributed by atoms with Crippen molar-refractivity contribution >= 4 is 38.4 Å². The molecule has 0 aliphatic carbocycles. The van der Waals surface area contributed by atoms with Gasteiger partial charge in [-0.25, -0.2) is 4.98 Å². The number of thiophene rings is 1. The number of pyridine rings is 2. The molecule has 0 bridgehead atoms. The first-order valence-electron chi connectivity index (χ1n) is 10.3. The van der Waals surface area contributed by atoms with Crippen molar-refractivity contribution < 1.29 is 4.79 Å². The van der Waals surface area contributed by atoms with Gasteiger partial charge < -0.3 is 4.90 Å². The molecule has 1 aromatic carbocycles. The third-order valence-corrected chi connectivity index (χ3v) is 7.04. The molecule has 0 spiro atoms. The van der Waals surface area contributed by atoms with E-state index < -0.39 is 0 Å². The molecule has 5 rings (SSSR count). The van der Waals surface area contributed by atoms with Crippen molar-refractivity contribution in [3.8, 4) is 0 Å². The highest BCUT2D eigenvalue weighted by Gasteiger charge is 2.31. The molecule has 1 atom stereocenters. The number of para-hydroxylation sites is 1. The predicted molar refractivity (Wildman–Crippen MR) is 122 cm³/mol. The fourth-order valence-corrected chi connectivity index (χ4v) is 5.72. The highest BCUT2D eigenvalue weighted by Crippen LogP contribution is 2.40. The lowest BCUT2D eigenvalue weighted by Gasteiger charge is -2.18. The van der Waals surface area contributed by atoms with E-state index in [1.54, 1.807) is 4.90 Å². The van der Waals surface area contributed by atoms with Gasteiger partial charge in [-0.15, -0.1) is 11.3 Å². The minimum absolute atomic E-state index is 0.0755. The van der Waals surface area contributed by atoms with Crippen LogP contribution >= 0.6 is 11.3 Å². The minimum Gasteiger partial charge on any atom is -0.344 e. The Bertz CT molecular complexity index is 1230. The molecule has 152 valence electrons. The Morgan fingerprint density at radius 2 is 1.93 bits per heavy atom. The van der Waals surface area contributed by atoms with Crippen LogP contribution in [0.3, 0.4) is 0 Å². The topological polar surface area (TPSA) is 49.3 Å². The predicted octanol–water partition coefficient (Wildman–Crippen LogP) is 4.54. The number of hydrogen-bond donors (Lipinski definition) is 0. The zero-order chi connectivity index (χ0) is 20.7. The van der Waals surface area contributed by atoms with Crippen molar-refractivity contribution in [3.63, 3.8) is 0 Å². The summed E-state index contributed by atoms with van der Waals surface area (Å²) in [7, 11) is 3.64. The van der Waals surface area contributed by atoms with E-state index in [1.807, 2.05) is 38.6 Å². The van der Waals surface area contributed by atoms with Crippen LogP contribution in [0, 0.1) is 0 Å². The lowest BCUT2D eigenvalue weighted by atomic mass is 9.95. The van der Waals surface area contributed by atoms with Gasteiger partial charge in [0.15, 0.2) is 0 Å². The third-order valence-electron chi connectivity index (χ3n) is 5.92. The van der Waals surface area contributed by atoms with Gasteiger partial charge in [0.1, 0.15) is 4.83 Å². The third kappa shape index (κ3) is 3.36. The fraction of sp³-hybridized carbons (Fsp3) is 0.292. The van der Waals surface area contributed by atoms with Crippen LogP contribution < -0.4 is 0 Å². The molecule has 1 saturated heterocycles. The molecule has 5 nitrogen and oxygen atoms in total. The quantitative estimate of drug-likeness (QED) is 0.490. The highest BCUT2D eigenvalue weighted by molar-refractivity contribution is 7.20. The second-order valence-corrected chi connectivity index (χ2v) is 9.11. The number of benzene rings is 1. The maximum atomic E-state index is 12.9. The standard InChI is InChI=1S/C24H24N4OS/c1-27(2)24(29)22-21(19-7-5-11-26-23(19)30-22)17-10-13-28(15-17)14-16-9-12-25-20-8-4-3-6-18(16)20/h3-9,11-12,17H,10,13-15H2,1-2H3. The maximum Gasteiger partial charge on any atom is 0.263 e. The van der Waals surface area contributed by atoms with Gasteiger partial charge in [-0.2, -0.15) is 0 Å². The number of amides is 1. The Morgan fingerprint density at radius 3 is 2.80 bits per heavy atom. The molecule has 30 heavy (non-hydrogen) atoms. The summed E-state index contributed by atoms with van der Waals surface area (Å²) in [6.07, 6.45) is 4.76. The molecule has 1 aliphatic rings. The first kappa shape index (κ1) is 19.2. The van der Waals surface area contributed by atoms with E-state index in [2.05, 4.69) is 45.2 Å². The molecule has 1 aliphatic heterocycles. The van der Waals surface area contributed by atoms with Crippen LogP contribution in [0.2, 0.25) is 0 Å². The largest absolute Gasteiger partial charge is 0.344 e. The van der Waals surface area contributed by atoms with E-state index >= 15 is 0 Å². The summed E-state index contributed by atoms with van der Waals surface area (Å²) >= 11 is 1.53. The normalized spacial score (nSPS) is 17.1. The Balaban J connectivity index is 1.45. The van der Waals surface area contributed by atoms with Crippen LogP contribution in [0.4, 0.5) is 0 Å². The first-order valence-corrected chi connectivity index (χ1v) is 11.1. The lowest BCUT2D eigenvalue weighted by molar-refractivity contribution is 0.0831. The minimum atomic E-state index is 0.0755. The molecule has 4 heterocycles. The summed E-state index contributed by atoms with van der Waals surface area (Å²) in [6, 6.07) is 14.5. The zero-order valence-corrected chi connectivity index (χ0v) is 18.0. The van der Waals surface area contributed by atoms with Gasteiger partial charge in [0.2, 0.25) is 0 Å². The molecule has 3 aromatic heterocycles. The van der Waals surface area contributed by atoms with E-state index in [9.17, 15) is 4.79 Å². The van der Waals surface area contributed by atoms with E-state index in [0.717, 1.165) is 46.7 Å². The van der Waals surface area contributed by atoms with E-state index in [1.165, 1.54) is 27.8 Å². The number of nitrogens with zero attached hydrogens (tertiary/aromatic N) is 4. The Morgan fingerprint density at radius 1 is 1.10 bits per heavy atom. The Labute approximate surface area is 180 Å². The molecule has 1 fully saturated rings. The van der Waals surface area contributed by atoms with Gasteiger partial charge >= 0.3 is 0 Å². The van der Waals surface area contributed by atoms with Crippen molar-refractivity contribution in [2.75, 3.05) is 27.2 Å². The molecule has 0 radical (unpaired) electrons. The van der Waals surface area contributed by atoms with Gasteiger partial charge in [-0.1, -0.05) is 24.3 Å². The molecule has 1 unspecified atom stereocenters. The van der Waals surface area contributed by atoms with Gasteiger partial charge in [-0.3, -0.25) is 14.7 Å². The Hall–Kier alpha value is -2.83. The second-order valence-electron chi connectivity index (χ2n) is 8.11. The zero-order valence-electron chi connectivity index (χ0n) is 17.2. The van der Waals surface area contributed by atoms with Crippen molar-refractivity contribution in [2.45, 2.75) is 18.9 Å². The van der Waals surface area contributed by atoms with Gasteiger partial charge in [-0.05, 0) is 42.3 Å². The van der Waals surface area contributed by atoms with Crippen molar-refractivity contribution in [1.29, 1.82) is 0 Å². The number of carbonyl (C=O) groups excluding carboxylic acids is 1. The lowest BCUT2D eigenvalue weighted by Crippen LogP contribution is -2.23. The van der Waals surface area contributed by atoms with Crippen LogP contribution in [0.5, 0.6) is 0 Å². The van der Waals surface area contributed by atoms with E-state index in [-0.39, 0.29) is 5.91 Å². The number of fused-ring (bicyclic) bond motifs is 2. The average molecular weight is 417 g/mol. The first-order chi connectivity index (χ1) is 14.6. The fourth-order valence-electron chi connectivity index (χ4n) is 4.46. The SMILES string of the molecule is CN(C)C(=O)c1sc2ncccc2c1C1CCN(Cc2ccnc3ccccc23)C1. The summed E-state index contributed by atoms with van der Waals surface area (Å²) in [4.78, 5) is 27.9. The molecular formula is C24H24N4OS. The molecule has 0 N–H and O–H groups in total. The Kier molecular flexibility index (Phi) is 4.97. The molecular weight excluding hydrogens is 392 g/mol. The average Bonchev–Trinajstić information content (AvgIpc) is 3.37. The number of rotatable bonds is 4. The smallest absolute Gasteiger partial charge is 0.263 e. The molecule has 0 saturated carbocycles. The van der Waals surface area contributed by atoms with Crippen LogP contribution in [0.25, 0.3) is 21.1 Å². The second kappa shape index (κ2) is 7.78. The molecule has 1 amide bonds. The number of carbonyl (C=O) groups is 1. The van der Waals surface area contributed by atoms with Crippen molar-refractivity contribution in [1.82, 2.24) is 19.8 Å². The summed E-state index contributed by atoms with van der Waals surface area (Å²) in [5, 5.41) is 2.35. The molecule has 6 heteroatoms. The number of hydrogen-bond acceptors (Lipinski definition) is 5. The number of aromatic nitrogens is 2. The highest BCUT2D eigenvalue weighted by atomic mass is 32.1. The van der Waals surface area contributed by atoms with Crippen molar-refractivity contribution in [3.05, 3.63) is 70.9 Å². The molecule has 4 aromatic rings. The van der Waals surface area contributed by atoms with Crippen LogP contribution in [-0.4, -0.2) is 52.9 Å². The van der Waals surface area contributed by atoms with Gasteiger partial charge in [0.25, 0.3) is 5.91 Å².